The molecule has 0 radical (unpaired) electrons. The first-order chi connectivity index (χ1) is 11.0. The molecule has 1 aliphatic heterocycles. The Kier molecular flexibility index (Phi) is 4.48. The van der Waals surface area contributed by atoms with Gasteiger partial charge >= 0.3 is 0 Å². The van der Waals surface area contributed by atoms with Crippen molar-refractivity contribution in [3.05, 3.63) is 68.2 Å². The lowest BCUT2D eigenvalue weighted by atomic mass is 10.1. The number of halogens is 2. The molecule has 1 amide bonds. The average molecular weight is 369 g/mol. The molecule has 0 aliphatic carbocycles. The van der Waals surface area contributed by atoms with Gasteiger partial charge in [0.2, 0.25) is 5.91 Å². The van der Waals surface area contributed by atoms with E-state index in [0.717, 1.165) is 5.56 Å². The predicted octanol–water partition coefficient (Wildman–Crippen LogP) is 4.68. The summed E-state index contributed by atoms with van der Waals surface area (Å²) in [6.45, 7) is 0. The molecule has 3 rings (SSSR count). The molecule has 0 bridgehead atoms. The Labute approximate surface area is 146 Å². The summed E-state index contributed by atoms with van der Waals surface area (Å²) in [4.78, 5) is 24.2. The topological polar surface area (TPSA) is 63.4 Å². The summed E-state index contributed by atoms with van der Waals surface area (Å²) < 4.78 is 0. The largest absolute Gasteiger partial charge is 0.295 e. The van der Waals surface area contributed by atoms with Crippen molar-refractivity contribution < 1.29 is 9.72 Å². The lowest BCUT2D eigenvalue weighted by Gasteiger charge is -2.24. The molecule has 1 atom stereocenters. The molecule has 5 nitrogen and oxygen atoms in total. The zero-order valence-electron chi connectivity index (χ0n) is 11.6. The number of nitro benzene ring substituents is 1. The fourth-order valence-electron chi connectivity index (χ4n) is 2.35. The van der Waals surface area contributed by atoms with Gasteiger partial charge in [-0.2, -0.15) is 0 Å². The highest BCUT2D eigenvalue weighted by Crippen LogP contribution is 2.43. The maximum absolute atomic E-state index is 12.3. The van der Waals surface area contributed by atoms with E-state index in [1.165, 1.54) is 23.9 Å². The van der Waals surface area contributed by atoms with E-state index in [0.29, 0.717) is 21.5 Å². The Bertz CT molecular complexity index is 783. The van der Waals surface area contributed by atoms with Crippen LogP contribution in [0.5, 0.6) is 0 Å². The van der Waals surface area contributed by atoms with E-state index in [9.17, 15) is 14.9 Å². The van der Waals surface area contributed by atoms with Crippen molar-refractivity contribution in [2.45, 2.75) is 5.37 Å². The highest BCUT2D eigenvalue weighted by molar-refractivity contribution is 8.00. The first kappa shape index (κ1) is 16.1. The molecule has 0 aromatic heterocycles. The van der Waals surface area contributed by atoms with Crippen LogP contribution in [0.4, 0.5) is 11.4 Å². The molecule has 1 saturated heterocycles. The van der Waals surface area contributed by atoms with Crippen molar-refractivity contribution in [3.63, 3.8) is 0 Å². The van der Waals surface area contributed by atoms with E-state index in [1.807, 2.05) is 0 Å². The number of anilines is 1. The molecule has 0 spiro atoms. The van der Waals surface area contributed by atoms with Crippen LogP contribution < -0.4 is 4.90 Å². The van der Waals surface area contributed by atoms with Crippen LogP contribution in [0.25, 0.3) is 0 Å². The number of carbonyl (C=O) groups is 1. The van der Waals surface area contributed by atoms with E-state index in [2.05, 4.69) is 0 Å². The van der Waals surface area contributed by atoms with E-state index in [4.69, 9.17) is 23.2 Å². The average Bonchev–Trinajstić information content (AvgIpc) is 2.92. The highest BCUT2D eigenvalue weighted by atomic mass is 35.5. The number of amides is 1. The van der Waals surface area contributed by atoms with Crippen LogP contribution in [-0.2, 0) is 4.79 Å². The minimum absolute atomic E-state index is 0.0177. The second-order valence-corrected chi connectivity index (χ2v) is 6.76. The fourth-order valence-corrected chi connectivity index (χ4v) is 3.82. The normalized spacial score (nSPS) is 17.6. The summed E-state index contributed by atoms with van der Waals surface area (Å²) in [7, 11) is 0. The molecule has 118 valence electrons. The third kappa shape index (κ3) is 3.15. The Morgan fingerprint density at radius 3 is 2.43 bits per heavy atom. The number of hydrogen-bond donors (Lipinski definition) is 0. The van der Waals surface area contributed by atoms with Gasteiger partial charge in [0.1, 0.15) is 5.37 Å². The standard InChI is InChI=1S/C15H10Cl2N2O3S/c16-12-6-5-11(7-13(12)17)18-14(20)8-23-15(18)9-1-3-10(4-2-9)19(21)22/h1-7,15H,8H2/t15-/m1/s1. The minimum Gasteiger partial charge on any atom is -0.295 e. The summed E-state index contributed by atoms with van der Waals surface area (Å²) in [5.74, 6) is 0.291. The Hall–Kier alpha value is -1.76. The molecule has 1 heterocycles. The zero-order valence-corrected chi connectivity index (χ0v) is 13.9. The van der Waals surface area contributed by atoms with Crippen LogP contribution in [0.1, 0.15) is 10.9 Å². The van der Waals surface area contributed by atoms with Crippen LogP contribution in [0.2, 0.25) is 10.0 Å². The van der Waals surface area contributed by atoms with Crippen molar-refractivity contribution in [1.29, 1.82) is 0 Å². The molecular formula is C15H10Cl2N2O3S. The Morgan fingerprint density at radius 1 is 1.13 bits per heavy atom. The van der Waals surface area contributed by atoms with Gasteiger partial charge in [0.25, 0.3) is 5.69 Å². The van der Waals surface area contributed by atoms with E-state index in [-0.39, 0.29) is 17.0 Å². The van der Waals surface area contributed by atoms with Gasteiger partial charge in [-0.1, -0.05) is 23.2 Å². The predicted molar refractivity (Wildman–Crippen MR) is 92.2 cm³/mol. The maximum Gasteiger partial charge on any atom is 0.269 e. The van der Waals surface area contributed by atoms with Crippen LogP contribution >= 0.6 is 35.0 Å². The third-order valence-electron chi connectivity index (χ3n) is 3.44. The van der Waals surface area contributed by atoms with E-state index in [1.54, 1.807) is 35.2 Å². The van der Waals surface area contributed by atoms with Gasteiger partial charge in [0.15, 0.2) is 0 Å². The van der Waals surface area contributed by atoms with Gasteiger partial charge in [-0.3, -0.25) is 19.8 Å². The van der Waals surface area contributed by atoms with Crippen molar-refractivity contribution >= 4 is 52.2 Å². The molecular weight excluding hydrogens is 359 g/mol. The van der Waals surface area contributed by atoms with Crippen molar-refractivity contribution in [3.8, 4) is 0 Å². The van der Waals surface area contributed by atoms with Gasteiger partial charge in [0.05, 0.1) is 20.7 Å². The first-order valence-electron chi connectivity index (χ1n) is 6.60. The number of hydrogen-bond acceptors (Lipinski definition) is 4. The second-order valence-electron chi connectivity index (χ2n) is 4.87. The fraction of sp³-hybridized carbons (Fsp3) is 0.133. The van der Waals surface area contributed by atoms with Gasteiger partial charge in [-0.25, -0.2) is 0 Å². The summed E-state index contributed by atoms with van der Waals surface area (Å²) in [5, 5.41) is 11.3. The molecule has 23 heavy (non-hydrogen) atoms. The molecule has 2 aromatic rings. The number of non-ortho nitro benzene ring substituents is 1. The first-order valence-corrected chi connectivity index (χ1v) is 8.41. The summed E-state index contributed by atoms with van der Waals surface area (Å²) in [6.07, 6.45) is 0. The van der Waals surface area contributed by atoms with Crippen LogP contribution in [0, 0.1) is 10.1 Å². The van der Waals surface area contributed by atoms with E-state index >= 15 is 0 Å². The van der Waals surface area contributed by atoms with Crippen LogP contribution in [0.15, 0.2) is 42.5 Å². The monoisotopic (exact) mass is 368 g/mol. The molecule has 0 N–H and O–H groups in total. The lowest BCUT2D eigenvalue weighted by Crippen LogP contribution is -2.27. The molecule has 0 saturated carbocycles. The zero-order chi connectivity index (χ0) is 16.6. The summed E-state index contributed by atoms with van der Waals surface area (Å²) in [6, 6.07) is 11.2. The van der Waals surface area contributed by atoms with Gasteiger partial charge < -0.3 is 0 Å². The molecule has 8 heteroatoms. The van der Waals surface area contributed by atoms with E-state index < -0.39 is 4.92 Å². The number of nitrogens with zero attached hydrogens (tertiary/aromatic N) is 2. The SMILES string of the molecule is O=C1CS[C@H](c2ccc([N+](=O)[O-])cc2)N1c1ccc(Cl)c(Cl)c1. The van der Waals surface area contributed by atoms with Crippen molar-refractivity contribution in [1.82, 2.24) is 0 Å². The lowest BCUT2D eigenvalue weighted by molar-refractivity contribution is -0.384. The number of rotatable bonds is 3. The number of benzene rings is 2. The van der Waals surface area contributed by atoms with Crippen molar-refractivity contribution in [2.75, 3.05) is 10.7 Å². The Morgan fingerprint density at radius 2 is 1.83 bits per heavy atom. The van der Waals surface area contributed by atoms with Crippen molar-refractivity contribution in [2.24, 2.45) is 0 Å². The molecule has 1 fully saturated rings. The molecule has 0 unspecified atom stereocenters. The third-order valence-corrected chi connectivity index (χ3v) is 5.39. The summed E-state index contributed by atoms with van der Waals surface area (Å²) in [5.41, 5.74) is 1.49. The number of nitro groups is 1. The number of thioether (sulfide) groups is 1. The highest BCUT2D eigenvalue weighted by Gasteiger charge is 2.34. The Balaban J connectivity index is 1.96. The van der Waals surface area contributed by atoms with Gasteiger partial charge in [-0.15, -0.1) is 11.8 Å². The van der Waals surface area contributed by atoms with Crippen LogP contribution in [0.3, 0.4) is 0 Å². The van der Waals surface area contributed by atoms with Crippen LogP contribution in [-0.4, -0.2) is 16.6 Å². The van der Waals surface area contributed by atoms with Gasteiger partial charge in [0, 0.05) is 17.8 Å². The van der Waals surface area contributed by atoms with Gasteiger partial charge in [-0.05, 0) is 35.9 Å². The second kappa shape index (κ2) is 6.39. The quantitative estimate of drug-likeness (QED) is 0.582. The smallest absolute Gasteiger partial charge is 0.269 e. The maximum atomic E-state index is 12.3. The minimum atomic E-state index is -0.451. The summed E-state index contributed by atoms with van der Waals surface area (Å²) >= 11 is 13.4. The molecule has 2 aromatic carbocycles. The number of carbonyl (C=O) groups excluding carboxylic acids is 1. The molecule has 1 aliphatic rings.